The Kier molecular flexibility index (Phi) is 5.79. The Morgan fingerprint density at radius 1 is 1.21 bits per heavy atom. The molecule has 0 aromatic carbocycles. The van der Waals surface area contributed by atoms with Crippen LogP contribution >= 0.6 is 0 Å². The second-order valence-corrected chi connectivity index (χ2v) is 5.44. The molecule has 1 N–H and O–H groups in total. The molecule has 3 amide bonds. The summed E-state index contributed by atoms with van der Waals surface area (Å²) < 4.78 is 5.54. The second kappa shape index (κ2) is 6.89. The summed E-state index contributed by atoms with van der Waals surface area (Å²) in [6.07, 6.45) is 2.28. The fourth-order valence-electron chi connectivity index (χ4n) is 2.44. The van der Waals surface area contributed by atoms with Crippen LogP contribution in [0.2, 0.25) is 0 Å². The molecule has 19 heavy (non-hydrogen) atoms. The van der Waals surface area contributed by atoms with Gasteiger partial charge in [0.05, 0.1) is 6.61 Å². The van der Waals surface area contributed by atoms with E-state index in [-0.39, 0.29) is 11.9 Å². The minimum Gasteiger partial charge on any atom is -0.380 e. The van der Waals surface area contributed by atoms with Crippen molar-refractivity contribution in [1.29, 1.82) is 0 Å². The standard InChI is InChI=1S/C14H26N2O3/c1-5-14(6-2)12(17)15-13(18)16(14)8-10-19-9-7-11(3)4/h11H,5-10H2,1-4H3,(H,15,17,18). The average Bonchev–Trinajstić information content (AvgIpc) is 2.60. The van der Waals surface area contributed by atoms with Crippen LogP contribution in [0.1, 0.15) is 47.0 Å². The molecule has 5 heteroatoms. The molecule has 0 aliphatic carbocycles. The molecule has 0 aromatic rings. The summed E-state index contributed by atoms with van der Waals surface area (Å²) in [6, 6.07) is -0.291. The van der Waals surface area contributed by atoms with Gasteiger partial charge in [-0.15, -0.1) is 0 Å². The van der Waals surface area contributed by atoms with Gasteiger partial charge in [0.25, 0.3) is 5.91 Å². The number of urea groups is 1. The van der Waals surface area contributed by atoms with Crippen LogP contribution in [0, 0.1) is 5.92 Å². The number of nitrogens with zero attached hydrogens (tertiary/aromatic N) is 1. The lowest BCUT2D eigenvalue weighted by molar-refractivity contribution is -0.127. The zero-order valence-electron chi connectivity index (χ0n) is 12.5. The third-order valence-electron chi connectivity index (χ3n) is 3.87. The predicted octanol–water partition coefficient (Wildman–Crippen LogP) is 2.16. The average molecular weight is 270 g/mol. The van der Waals surface area contributed by atoms with Crippen molar-refractivity contribution in [2.45, 2.75) is 52.5 Å². The maximum Gasteiger partial charge on any atom is 0.325 e. The third kappa shape index (κ3) is 3.47. The fourth-order valence-corrected chi connectivity index (χ4v) is 2.44. The van der Waals surface area contributed by atoms with Crippen LogP contribution < -0.4 is 5.32 Å². The lowest BCUT2D eigenvalue weighted by atomic mass is 9.91. The lowest BCUT2D eigenvalue weighted by Gasteiger charge is -2.33. The number of ether oxygens (including phenoxy) is 1. The van der Waals surface area contributed by atoms with Crippen molar-refractivity contribution in [2.24, 2.45) is 5.92 Å². The molecule has 0 spiro atoms. The molecule has 0 bridgehead atoms. The smallest absolute Gasteiger partial charge is 0.325 e. The maximum absolute atomic E-state index is 11.9. The number of hydrogen-bond acceptors (Lipinski definition) is 3. The van der Waals surface area contributed by atoms with Gasteiger partial charge in [-0.1, -0.05) is 27.7 Å². The summed E-state index contributed by atoms with van der Waals surface area (Å²) >= 11 is 0. The minimum absolute atomic E-state index is 0.176. The molecule has 1 heterocycles. The first-order chi connectivity index (χ1) is 8.97. The summed E-state index contributed by atoms with van der Waals surface area (Å²) in [5, 5.41) is 2.41. The zero-order valence-corrected chi connectivity index (χ0v) is 12.5. The SMILES string of the molecule is CCC1(CC)C(=O)NC(=O)N1CCOCCC(C)C. The molecule has 1 rings (SSSR count). The van der Waals surface area contributed by atoms with Gasteiger partial charge in [0, 0.05) is 13.2 Å². The predicted molar refractivity (Wildman–Crippen MR) is 73.8 cm³/mol. The van der Waals surface area contributed by atoms with Crippen LogP contribution in [0.3, 0.4) is 0 Å². The Balaban J connectivity index is 2.50. The van der Waals surface area contributed by atoms with Gasteiger partial charge in [0.15, 0.2) is 0 Å². The largest absolute Gasteiger partial charge is 0.380 e. The van der Waals surface area contributed by atoms with E-state index in [1.807, 2.05) is 13.8 Å². The van der Waals surface area contributed by atoms with E-state index in [1.54, 1.807) is 4.90 Å². The molecule has 1 fully saturated rings. The van der Waals surface area contributed by atoms with E-state index in [9.17, 15) is 9.59 Å². The van der Waals surface area contributed by atoms with Gasteiger partial charge >= 0.3 is 6.03 Å². The summed E-state index contributed by atoms with van der Waals surface area (Å²) in [4.78, 5) is 25.4. The normalized spacial score (nSPS) is 18.3. The maximum atomic E-state index is 11.9. The summed E-state index contributed by atoms with van der Waals surface area (Å²) in [6.45, 7) is 9.83. The van der Waals surface area contributed by atoms with Crippen LogP contribution in [0.15, 0.2) is 0 Å². The van der Waals surface area contributed by atoms with Crippen LogP contribution in [0.5, 0.6) is 0 Å². The van der Waals surface area contributed by atoms with Crippen molar-refractivity contribution < 1.29 is 14.3 Å². The molecular weight excluding hydrogens is 244 g/mol. The summed E-state index contributed by atoms with van der Waals surface area (Å²) in [5.74, 6) is 0.437. The molecular formula is C14H26N2O3. The van der Waals surface area contributed by atoms with Gasteiger partial charge in [-0.05, 0) is 25.2 Å². The molecule has 0 saturated carbocycles. The van der Waals surface area contributed by atoms with Crippen LogP contribution in [0.25, 0.3) is 0 Å². The van der Waals surface area contributed by atoms with Gasteiger partial charge < -0.3 is 9.64 Å². The molecule has 1 aliphatic rings. The van der Waals surface area contributed by atoms with Crippen molar-refractivity contribution in [1.82, 2.24) is 10.2 Å². The van der Waals surface area contributed by atoms with Gasteiger partial charge in [0.2, 0.25) is 0 Å². The Hall–Kier alpha value is -1.10. The van der Waals surface area contributed by atoms with Gasteiger partial charge in [-0.25, -0.2) is 4.79 Å². The Labute approximate surface area is 115 Å². The van der Waals surface area contributed by atoms with Crippen molar-refractivity contribution in [2.75, 3.05) is 19.8 Å². The van der Waals surface area contributed by atoms with Gasteiger partial charge in [-0.2, -0.15) is 0 Å². The summed E-state index contributed by atoms with van der Waals surface area (Å²) in [7, 11) is 0. The number of rotatable bonds is 8. The van der Waals surface area contributed by atoms with E-state index in [2.05, 4.69) is 19.2 Å². The summed E-state index contributed by atoms with van der Waals surface area (Å²) in [5.41, 5.74) is -0.682. The van der Waals surface area contributed by atoms with E-state index >= 15 is 0 Å². The second-order valence-electron chi connectivity index (χ2n) is 5.44. The molecule has 0 unspecified atom stereocenters. The number of carbonyl (C=O) groups is 2. The molecule has 1 aliphatic heterocycles. The van der Waals surface area contributed by atoms with E-state index in [4.69, 9.17) is 4.74 Å². The van der Waals surface area contributed by atoms with Gasteiger partial charge in [0.1, 0.15) is 5.54 Å². The number of hydrogen-bond donors (Lipinski definition) is 1. The first kappa shape index (κ1) is 16.0. The quantitative estimate of drug-likeness (QED) is 0.543. The molecule has 1 saturated heterocycles. The Bertz CT molecular complexity index is 325. The molecule has 0 radical (unpaired) electrons. The first-order valence-corrected chi connectivity index (χ1v) is 7.18. The van der Waals surface area contributed by atoms with Crippen molar-refractivity contribution in [3.63, 3.8) is 0 Å². The number of amides is 3. The minimum atomic E-state index is -0.682. The van der Waals surface area contributed by atoms with Crippen molar-refractivity contribution in [3.8, 4) is 0 Å². The van der Waals surface area contributed by atoms with Crippen LogP contribution in [0.4, 0.5) is 4.79 Å². The van der Waals surface area contributed by atoms with Crippen molar-refractivity contribution >= 4 is 11.9 Å². The Morgan fingerprint density at radius 3 is 2.37 bits per heavy atom. The first-order valence-electron chi connectivity index (χ1n) is 7.18. The number of carbonyl (C=O) groups excluding carboxylic acids is 2. The Morgan fingerprint density at radius 2 is 1.84 bits per heavy atom. The monoisotopic (exact) mass is 270 g/mol. The molecule has 110 valence electrons. The van der Waals surface area contributed by atoms with E-state index in [1.165, 1.54) is 0 Å². The van der Waals surface area contributed by atoms with Crippen molar-refractivity contribution in [3.05, 3.63) is 0 Å². The number of nitrogens with one attached hydrogen (secondary N) is 1. The van der Waals surface area contributed by atoms with E-state index in [0.29, 0.717) is 38.5 Å². The molecule has 5 nitrogen and oxygen atoms in total. The zero-order chi connectivity index (χ0) is 14.5. The van der Waals surface area contributed by atoms with E-state index in [0.717, 1.165) is 6.42 Å². The van der Waals surface area contributed by atoms with Crippen LogP contribution in [-0.4, -0.2) is 42.1 Å². The highest BCUT2D eigenvalue weighted by molar-refractivity contribution is 6.06. The highest BCUT2D eigenvalue weighted by Crippen LogP contribution is 2.28. The highest BCUT2D eigenvalue weighted by Gasteiger charge is 2.49. The number of imide groups is 1. The molecule has 0 atom stereocenters. The fraction of sp³-hybridized carbons (Fsp3) is 0.857. The third-order valence-corrected chi connectivity index (χ3v) is 3.87. The topological polar surface area (TPSA) is 58.6 Å². The highest BCUT2D eigenvalue weighted by atomic mass is 16.5. The van der Waals surface area contributed by atoms with Crippen LogP contribution in [-0.2, 0) is 9.53 Å². The molecule has 0 aromatic heterocycles. The lowest BCUT2D eigenvalue weighted by Crippen LogP contribution is -2.49. The van der Waals surface area contributed by atoms with E-state index < -0.39 is 5.54 Å². The van der Waals surface area contributed by atoms with Gasteiger partial charge in [-0.3, -0.25) is 10.1 Å².